The first-order valence-electron chi connectivity index (χ1n) is 7.62. The third-order valence-corrected chi connectivity index (χ3v) is 5.14. The summed E-state index contributed by atoms with van der Waals surface area (Å²) in [6.07, 6.45) is 3.70. The number of amides is 1. The van der Waals surface area contributed by atoms with E-state index in [-0.39, 0.29) is 6.04 Å². The predicted molar refractivity (Wildman–Crippen MR) is 87.5 cm³/mol. The highest BCUT2D eigenvalue weighted by molar-refractivity contribution is 7.09. The van der Waals surface area contributed by atoms with Crippen LogP contribution in [0.3, 0.4) is 0 Å². The van der Waals surface area contributed by atoms with Gasteiger partial charge in [-0.1, -0.05) is 35.9 Å². The van der Waals surface area contributed by atoms with E-state index < -0.39 is 0 Å². The Morgan fingerprint density at radius 1 is 1.29 bits per heavy atom. The van der Waals surface area contributed by atoms with Crippen LogP contribution in [0.2, 0.25) is 0 Å². The Bertz CT molecular complexity index is 588. The van der Waals surface area contributed by atoms with Crippen molar-refractivity contribution >= 4 is 17.2 Å². The maximum Gasteiger partial charge on any atom is 0.223 e. The van der Waals surface area contributed by atoms with Crippen molar-refractivity contribution in [3.05, 3.63) is 57.8 Å². The molecular formula is C18H21NOS. The Kier molecular flexibility index (Phi) is 4.39. The number of nitrogens with zero attached hydrogens (tertiary/aromatic N) is 1. The van der Waals surface area contributed by atoms with Crippen LogP contribution < -0.4 is 0 Å². The molecule has 1 unspecified atom stereocenters. The van der Waals surface area contributed by atoms with Gasteiger partial charge in [-0.05, 0) is 43.2 Å². The van der Waals surface area contributed by atoms with Crippen molar-refractivity contribution in [3.8, 4) is 0 Å². The first kappa shape index (κ1) is 14.3. The first-order chi connectivity index (χ1) is 10.2. The molecule has 0 aliphatic carbocycles. The zero-order valence-corrected chi connectivity index (χ0v) is 13.2. The molecule has 1 amide bonds. The Balaban J connectivity index is 1.65. The van der Waals surface area contributed by atoms with Gasteiger partial charge in [0, 0.05) is 17.8 Å². The summed E-state index contributed by atoms with van der Waals surface area (Å²) in [4.78, 5) is 15.9. The number of carbonyl (C=O) groups excluding carboxylic acids is 1. The van der Waals surface area contributed by atoms with Gasteiger partial charge in [-0.3, -0.25) is 4.79 Å². The van der Waals surface area contributed by atoms with Crippen molar-refractivity contribution in [2.45, 2.75) is 38.6 Å². The number of aryl methyl sites for hydroxylation is 2. The van der Waals surface area contributed by atoms with E-state index in [0.29, 0.717) is 12.3 Å². The largest absolute Gasteiger partial charge is 0.336 e. The topological polar surface area (TPSA) is 20.3 Å². The van der Waals surface area contributed by atoms with Crippen molar-refractivity contribution < 1.29 is 4.79 Å². The van der Waals surface area contributed by atoms with Gasteiger partial charge in [0.15, 0.2) is 0 Å². The van der Waals surface area contributed by atoms with Crippen LogP contribution in [0.4, 0.5) is 0 Å². The molecule has 1 aromatic heterocycles. The molecule has 2 nitrogen and oxygen atoms in total. The molecule has 0 saturated carbocycles. The zero-order valence-electron chi connectivity index (χ0n) is 12.4. The number of likely N-dealkylation sites (tertiary alicyclic amines) is 1. The highest BCUT2D eigenvalue weighted by atomic mass is 32.1. The van der Waals surface area contributed by atoms with E-state index in [4.69, 9.17) is 0 Å². The Morgan fingerprint density at radius 3 is 2.81 bits per heavy atom. The SMILES string of the molecule is Cc1ccc(C2CCCN2C(=O)CCc2cccs2)cc1. The fourth-order valence-corrected chi connectivity index (χ4v) is 3.74. The predicted octanol–water partition coefficient (Wildman–Crippen LogP) is 4.35. The summed E-state index contributed by atoms with van der Waals surface area (Å²) in [6, 6.07) is 13.1. The average molecular weight is 299 g/mol. The van der Waals surface area contributed by atoms with Crippen LogP contribution in [-0.2, 0) is 11.2 Å². The lowest BCUT2D eigenvalue weighted by atomic mass is 10.0. The summed E-state index contributed by atoms with van der Waals surface area (Å²) in [5, 5.41) is 2.07. The second kappa shape index (κ2) is 6.44. The lowest BCUT2D eigenvalue weighted by Crippen LogP contribution is -2.30. The first-order valence-corrected chi connectivity index (χ1v) is 8.50. The van der Waals surface area contributed by atoms with Gasteiger partial charge in [0.25, 0.3) is 0 Å². The van der Waals surface area contributed by atoms with Crippen molar-refractivity contribution in [1.82, 2.24) is 4.90 Å². The fraction of sp³-hybridized carbons (Fsp3) is 0.389. The van der Waals surface area contributed by atoms with Crippen LogP contribution in [0.15, 0.2) is 41.8 Å². The highest BCUT2D eigenvalue weighted by Crippen LogP contribution is 2.32. The van der Waals surface area contributed by atoms with Gasteiger partial charge in [-0.25, -0.2) is 0 Å². The third kappa shape index (κ3) is 3.35. The molecular weight excluding hydrogens is 278 g/mol. The van der Waals surface area contributed by atoms with E-state index in [2.05, 4.69) is 53.6 Å². The van der Waals surface area contributed by atoms with Gasteiger partial charge in [0.2, 0.25) is 5.91 Å². The van der Waals surface area contributed by atoms with Crippen LogP contribution in [0.5, 0.6) is 0 Å². The summed E-state index contributed by atoms with van der Waals surface area (Å²) in [6.45, 7) is 3.00. The summed E-state index contributed by atoms with van der Waals surface area (Å²) in [5.41, 5.74) is 2.55. The molecule has 21 heavy (non-hydrogen) atoms. The standard InChI is InChI=1S/C18H21NOS/c1-14-6-8-15(9-7-14)17-5-2-12-19(17)18(20)11-10-16-4-3-13-21-16/h3-4,6-9,13,17H,2,5,10-12H2,1H3. The molecule has 1 atom stereocenters. The van der Waals surface area contributed by atoms with Gasteiger partial charge in [0.05, 0.1) is 6.04 Å². The summed E-state index contributed by atoms with van der Waals surface area (Å²) in [7, 11) is 0. The molecule has 1 aliphatic heterocycles. The smallest absolute Gasteiger partial charge is 0.223 e. The normalized spacial score (nSPS) is 18.1. The van der Waals surface area contributed by atoms with Gasteiger partial charge < -0.3 is 4.90 Å². The average Bonchev–Trinajstić information content (AvgIpc) is 3.17. The maximum atomic E-state index is 12.5. The molecule has 110 valence electrons. The number of hydrogen-bond acceptors (Lipinski definition) is 2. The number of thiophene rings is 1. The van der Waals surface area contributed by atoms with Crippen molar-refractivity contribution in [2.24, 2.45) is 0 Å². The Hall–Kier alpha value is -1.61. The van der Waals surface area contributed by atoms with Crippen LogP contribution in [0, 0.1) is 6.92 Å². The van der Waals surface area contributed by atoms with E-state index >= 15 is 0 Å². The zero-order chi connectivity index (χ0) is 14.7. The molecule has 2 heterocycles. The van der Waals surface area contributed by atoms with Crippen molar-refractivity contribution in [3.63, 3.8) is 0 Å². The van der Waals surface area contributed by atoms with E-state index in [1.54, 1.807) is 11.3 Å². The second-order valence-corrected chi connectivity index (χ2v) is 6.77. The second-order valence-electron chi connectivity index (χ2n) is 5.74. The number of benzene rings is 1. The number of hydrogen-bond donors (Lipinski definition) is 0. The molecule has 2 aromatic rings. The molecule has 0 spiro atoms. The quantitative estimate of drug-likeness (QED) is 0.821. The van der Waals surface area contributed by atoms with E-state index in [0.717, 1.165) is 25.8 Å². The summed E-state index contributed by atoms with van der Waals surface area (Å²) >= 11 is 1.74. The molecule has 1 fully saturated rings. The minimum absolute atomic E-state index is 0.279. The molecule has 0 N–H and O–H groups in total. The molecule has 0 radical (unpaired) electrons. The molecule has 3 rings (SSSR count). The number of rotatable bonds is 4. The minimum Gasteiger partial charge on any atom is -0.336 e. The van der Waals surface area contributed by atoms with Crippen molar-refractivity contribution in [2.75, 3.05) is 6.54 Å². The van der Waals surface area contributed by atoms with E-state index in [9.17, 15) is 4.79 Å². The minimum atomic E-state index is 0.279. The van der Waals surface area contributed by atoms with Gasteiger partial charge in [0.1, 0.15) is 0 Å². The van der Waals surface area contributed by atoms with Gasteiger partial charge in [-0.15, -0.1) is 11.3 Å². The molecule has 1 aromatic carbocycles. The Morgan fingerprint density at radius 2 is 2.10 bits per heavy atom. The number of carbonyl (C=O) groups is 1. The lowest BCUT2D eigenvalue weighted by Gasteiger charge is -2.25. The molecule has 0 bridgehead atoms. The highest BCUT2D eigenvalue weighted by Gasteiger charge is 2.29. The fourth-order valence-electron chi connectivity index (χ4n) is 3.03. The third-order valence-electron chi connectivity index (χ3n) is 4.20. The van der Waals surface area contributed by atoms with E-state index in [1.807, 2.05) is 0 Å². The van der Waals surface area contributed by atoms with Crippen molar-refractivity contribution in [1.29, 1.82) is 0 Å². The Labute approximate surface area is 130 Å². The summed E-state index contributed by atoms with van der Waals surface area (Å²) in [5.74, 6) is 0.298. The van der Waals surface area contributed by atoms with Crippen LogP contribution in [0.1, 0.15) is 41.3 Å². The lowest BCUT2D eigenvalue weighted by molar-refractivity contribution is -0.132. The van der Waals surface area contributed by atoms with Crippen LogP contribution in [0.25, 0.3) is 0 Å². The van der Waals surface area contributed by atoms with Crippen LogP contribution >= 0.6 is 11.3 Å². The monoisotopic (exact) mass is 299 g/mol. The maximum absolute atomic E-state index is 12.5. The summed E-state index contributed by atoms with van der Waals surface area (Å²) < 4.78 is 0. The molecule has 1 aliphatic rings. The van der Waals surface area contributed by atoms with E-state index in [1.165, 1.54) is 16.0 Å². The van der Waals surface area contributed by atoms with Gasteiger partial charge >= 0.3 is 0 Å². The molecule has 1 saturated heterocycles. The molecule has 3 heteroatoms. The van der Waals surface area contributed by atoms with Crippen LogP contribution in [-0.4, -0.2) is 17.4 Å². The van der Waals surface area contributed by atoms with Gasteiger partial charge in [-0.2, -0.15) is 0 Å².